The van der Waals surface area contributed by atoms with Crippen LogP contribution in [0.4, 0.5) is 0 Å². The molecule has 0 amide bonds. The Morgan fingerprint density at radius 1 is 0.800 bits per heavy atom. The van der Waals surface area contributed by atoms with E-state index in [9.17, 15) is 0 Å². The molecule has 1 aromatic carbocycles. The molecule has 1 nitrogen and oxygen atoms in total. The van der Waals surface area contributed by atoms with Crippen LogP contribution in [0.1, 0.15) is 40.3 Å². The van der Waals surface area contributed by atoms with Crippen molar-refractivity contribution in [2.24, 2.45) is 0 Å². The Balaban J connectivity index is 2.74. The molecule has 0 bridgehead atoms. The second kappa shape index (κ2) is 3.08. The molecular weight excluding hydrogens is 184 g/mol. The standard InChI is InChI=1S/C14H20O/c1-8-9(2)11(4)13(12(5)10(8)3)14(6)7-15-14/h7H2,1-6H3. The van der Waals surface area contributed by atoms with Crippen LogP contribution in [-0.2, 0) is 10.3 Å². The normalized spacial score (nSPS) is 24.4. The predicted molar refractivity (Wildman–Crippen MR) is 63.4 cm³/mol. The van der Waals surface area contributed by atoms with Gasteiger partial charge in [-0.15, -0.1) is 0 Å². The topological polar surface area (TPSA) is 12.5 Å². The van der Waals surface area contributed by atoms with Crippen molar-refractivity contribution in [1.29, 1.82) is 0 Å². The third kappa shape index (κ3) is 1.41. The summed E-state index contributed by atoms with van der Waals surface area (Å²) < 4.78 is 5.59. The quantitative estimate of drug-likeness (QED) is 0.638. The first-order valence-corrected chi connectivity index (χ1v) is 5.60. The van der Waals surface area contributed by atoms with E-state index in [1.807, 2.05) is 0 Å². The summed E-state index contributed by atoms with van der Waals surface area (Å²) in [6, 6.07) is 0. The lowest BCUT2D eigenvalue weighted by molar-refractivity contribution is 0.327. The van der Waals surface area contributed by atoms with Crippen LogP contribution in [0, 0.1) is 34.6 Å². The fourth-order valence-electron chi connectivity index (χ4n) is 2.55. The number of hydrogen-bond acceptors (Lipinski definition) is 1. The van der Waals surface area contributed by atoms with Crippen LogP contribution in [-0.4, -0.2) is 6.61 Å². The number of benzene rings is 1. The third-order valence-corrected chi connectivity index (χ3v) is 4.11. The number of epoxide rings is 1. The lowest BCUT2D eigenvalue weighted by Crippen LogP contribution is -2.11. The Morgan fingerprint density at radius 2 is 1.13 bits per heavy atom. The van der Waals surface area contributed by atoms with Crippen LogP contribution < -0.4 is 0 Å². The van der Waals surface area contributed by atoms with Crippen molar-refractivity contribution < 1.29 is 4.74 Å². The Labute approximate surface area is 92.5 Å². The summed E-state index contributed by atoms with van der Waals surface area (Å²) in [5.41, 5.74) is 8.51. The SMILES string of the molecule is Cc1c(C)c(C)c(C2(C)CO2)c(C)c1C. The second-order valence-electron chi connectivity index (χ2n) is 5.02. The lowest BCUT2D eigenvalue weighted by atomic mass is 9.84. The summed E-state index contributed by atoms with van der Waals surface area (Å²) in [6.45, 7) is 14.1. The van der Waals surface area contributed by atoms with Gasteiger partial charge in [0, 0.05) is 0 Å². The highest BCUT2D eigenvalue weighted by molar-refractivity contribution is 5.52. The maximum absolute atomic E-state index is 5.59. The van der Waals surface area contributed by atoms with Gasteiger partial charge in [0.2, 0.25) is 0 Å². The van der Waals surface area contributed by atoms with Gasteiger partial charge in [-0.25, -0.2) is 0 Å². The Kier molecular flexibility index (Phi) is 2.20. The van der Waals surface area contributed by atoms with E-state index in [-0.39, 0.29) is 5.60 Å². The van der Waals surface area contributed by atoms with E-state index in [4.69, 9.17) is 4.74 Å². The highest BCUT2D eigenvalue weighted by atomic mass is 16.6. The second-order valence-corrected chi connectivity index (χ2v) is 5.02. The Morgan fingerprint density at radius 3 is 1.47 bits per heavy atom. The molecule has 0 saturated carbocycles. The van der Waals surface area contributed by atoms with Gasteiger partial charge in [0.25, 0.3) is 0 Å². The maximum atomic E-state index is 5.59. The molecule has 1 fully saturated rings. The van der Waals surface area contributed by atoms with Crippen LogP contribution in [0.5, 0.6) is 0 Å². The molecule has 1 saturated heterocycles. The molecule has 1 aliphatic rings. The van der Waals surface area contributed by atoms with Crippen molar-refractivity contribution in [3.8, 4) is 0 Å². The van der Waals surface area contributed by atoms with Crippen molar-refractivity contribution >= 4 is 0 Å². The number of rotatable bonds is 1. The van der Waals surface area contributed by atoms with Gasteiger partial charge in [-0.1, -0.05) is 0 Å². The first-order chi connectivity index (χ1) is 6.88. The molecule has 0 N–H and O–H groups in total. The van der Waals surface area contributed by atoms with E-state index in [0.29, 0.717) is 0 Å². The van der Waals surface area contributed by atoms with Crippen molar-refractivity contribution in [3.63, 3.8) is 0 Å². The molecule has 1 unspecified atom stereocenters. The fraction of sp³-hybridized carbons (Fsp3) is 0.571. The minimum atomic E-state index is -0.00259. The molecule has 2 rings (SSSR count). The van der Waals surface area contributed by atoms with Crippen LogP contribution >= 0.6 is 0 Å². The Hall–Kier alpha value is -0.820. The van der Waals surface area contributed by atoms with E-state index in [2.05, 4.69) is 41.5 Å². The average Bonchev–Trinajstić information content (AvgIpc) is 2.91. The number of hydrogen-bond donors (Lipinski definition) is 0. The van der Waals surface area contributed by atoms with Gasteiger partial charge in [0.05, 0.1) is 6.61 Å². The molecule has 0 aromatic heterocycles. The summed E-state index contributed by atoms with van der Waals surface area (Å²) in [6.07, 6.45) is 0. The van der Waals surface area contributed by atoms with Crippen LogP contribution in [0.2, 0.25) is 0 Å². The first-order valence-electron chi connectivity index (χ1n) is 5.60. The van der Waals surface area contributed by atoms with Gasteiger partial charge >= 0.3 is 0 Å². The average molecular weight is 204 g/mol. The molecule has 1 heterocycles. The molecule has 1 atom stereocenters. The lowest BCUT2D eigenvalue weighted by Gasteiger charge is -2.21. The van der Waals surface area contributed by atoms with E-state index >= 15 is 0 Å². The molecule has 1 aliphatic heterocycles. The maximum Gasteiger partial charge on any atom is 0.114 e. The zero-order valence-corrected chi connectivity index (χ0v) is 10.6. The summed E-state index contributed by atoms with van der Waals surface area (Å²) >= 11 is 0. The molecule has 15 heavy (non-hydrogen) atoms. The van der Waals surface area contributed by atoms with Gasteiger partial charge in [0.1, 0.15) is 5.60 Å². The van der Waals surface area contributed by atoms with E-state index < -0.39 is 0 Å². The molecule has 1 heteroatoms. The van der Waals surface area contributed by atoms with Gasteiger partial charge in [-0.05, 0) is 74.9 Å². The van der Waals surface area contributed by atoms with Crippen molar-refractivity contribution in [1.82, 2.24) is 0 Å². The van der Waals surface area contributed by atoms with Crippen molar-refractivity contribution in [3.05, 3.63) is 33.4 Å². The molecule has 1 aromatic rings. The first kappa shape index (κ1) is 10.7. The van der Waals surface area contributed by atoms with Gasteiger partial charge < -0.3 is 4.74 Å². The monoisotopic (exact) mass is 204 g/mol. The van der Waals surface area contributed by atoms with E-state index in [1.165, 1.54) is 33.4 Å². The summed E-state index contributed by atoms with van der Waals surface area (Å²) in [7, 11) is 0. The van der Waals surface area contributed by atoms with Crippen LogP contribution in [0.3, 0.4) is 0 Å². The zero-order valence-electron chi connectivity index (χ0n) is 10.6. The Bertz CT molecular complexity index is 396. The molecule has 0 radical (unpaired) electrons. The van der Waals surface area contributed by atoms with Crippen molar-refractivity contribution in [2.75, 3.05) is 6.61 Å². The highest BCUT2D eigenvalue weighted by Gasteiger charge is 2.43. The fourth-order valence-corrected chi connectivity index (χ4v) is 2.55. The molecular formula is C14H20O. The third-order valence-electron chi connectivity index (χ3n) is 4.11. The zero-order chi connectivity index (χ0) is 11.4. The van der Waals surface area contributed by atoms with Crippen LogP contribution in [0.25, 0.3) is 0 Å². The minimum Gasteiger partial charge on any atom is -0.365 e. The summed E-state index contributed by atoms with van der Waals surface area (Å²) in [4.78, 5) is 0. The van der Waals surface area contributed by atoms with Gasteiger partial charge in [-0.3, -0.25) is 0 Å². The molecule has 0 spiro atoms. The summed E-state index contributed by atoms with van der Waals surface area (Å²) in [5, 5.41) is 0. The molecule has 82 valence electrons. The van der Waals surface area contributed by atoms with E-state index in [1.54, 1.807) is 0 Å². The molecule has 0 aliphatic carbocycles. The van der Waals surface area contributed by atoms with Gasteiger partial charge in [0.15, 0.2) is 0 Å². The minimum absolute atomic E-state index is 0.00259. The smallest absolute Gasteiger partial charge is 0.114 e. The summed E-state index contributed by atoms with van der Waals surface area (Å²) in [5.74, 6) is 0. The van der Waals surface area contributed by atoms with Crippen LogP contribution in [0.15, 0.2) is 0 Å². The largest absolute Gasteiger partial charge is 0.365 e. The van der Waals surface area contributed by atoms with Crippen molar-refractivity contribution in [2.45, 2.75) is 47.1 Å². The van der Waals surface area contributed by atoms with E-state index in [0.717, 1.165) is 6.61 Å². The number of ether oxygens (including phenoxy) is 1. The predicted octanol–water partition coefficient (Wildman–Crippen LogP) is 3.47. The highest BCUT2D eigenvalue weighted by Crippen LogP contribution is 2.43. The van der Waals surface area contributed by atoms with Gasteiger partial charge in [-0.2, -0.15) is 0 Å².